The predicted octanol–water partition coefficient (Wildman–Crippen LogP) is 2.62. The van der Waals surface area contributed by atoms with Crippen molar-refractivity contribution in [3.8, 4) is 10.7 Å². The summed E-state index contributed by atoms with van der Waals surface area (Å²) < 4.78 is 0. The van der Waals surface area contributed by atoms with Crippen LogP contribution < -0.4 is 11.1 Å². The summed E-state index contributed by atoms with van der Waals surface area (Å²) in [5, 5.41) is 5.03. The predicted molar refractivity (Wildman–Crippen MR) is 75.9 cm³/mol. The third-order valence-electron chi connectivity index (χ3n) is 2.84. The number of rotatable bonds is 2. The van der Waals surface area contributed by atoms with E-state index in [-0.39, 0.29) is 0 Å². The molecule has 3 rings (SSSR count). The highest BCUT2D eigenvalue weighted by Gasteiger charge is 2.12. The van der Waals surface area contributed by atoms with E-state index < -0.39 is 0 Å². The Morgan fingerprint density at radius 3 is 2.83 bits per heavy atom. The molecule has 3 aromatic rings. The van der Waals surface area contributed by atoms with Crippen LogP contribution in [-0.4, -0.2) is 22.0 Å². The Labute approximate surface area is 108 Å². The van der Waals surface area contributed by atoms with Gasteiger partial charge in [-0.3, -0.25) is 0 Å². The Morgan fingerprint density at radius 1 is 1.33 bits per heavy atom. The first kappa shape index (κ1) is 11.0. The van der Waals surface area contributed by atoms with Gasteiger partial charge in [-0.15, -0.1) is 11.3 Å². The molecule has 6 heteroatoms. The second kappa shape index (κ2) is 3.99. The van der Waals surface area contributed by atoms with Crippen LogP contribution in [0.15, 0.2) is 17.5 Å². The van der Waals surface area contributed by atoms with Crippen molar-refractivity contribution in [3.05, 3.63) is 23.1 Å². The number of nitrogens with zero attached hydrogens (tertiary/aromatic N) is 2. The summed E-state index contributed by atoms with van der Waals surface area (Å²) in [6.45, 7) is 2.00. The van der Waals surface area contributed by atoms with E-state index in [1.807, 2.05) is 31.5 Å². The van der Waals surface area contributed by atoms with Crippen molar-refractivity contribution in [1.82, 2.24) is 15.0 Å². The highest BCUT2D eigenvalue weighted by molar-refractivity contribution is 7.14. The number of aromatic nitrogens is 3. The summed E-state index contributed by atoms with van der Waals surface area (Å²) in [6, 6.07) is 3.87. The van der Waals surface area contributed by atoms with Crippen LogP contribution in [0, 0.1) is 6.92 Å². The fourth-order valence-corrected chi connectivity index (χ4v) is 2.69. The second-order valence-corrected chi connectivity index (χ2v) is 4.94. The number of nitrogens with two attached hydrogens (primary N) is 1. The average Bonchev–Trinajstić information content (AvgIpc) is 2.93. The molecule has 3 aromatic heterocycles. The van der Waals surface area contributed by atoms with Gasteiger partial charge in [-0.1, -0.05) is 0 Å². The molecule has 0 bridgehead atoms. The van der Waals surface area contributed by atoms with Crippen LogP contribution in [0.3, 0.4) is 0 Å². The molecule has 0 aliphatic carbocycles. The van der Waals surface area contributed by atoms with Gasteiger partial charge in [0.25, 0.3) is 0 Å². The number of hydrogen-bond donors (Lipinski definition) is 3. The Kier molecular flexibility index (Phi) is 2.45. The van der Waals surface area contributed by atoms with E-state index in [9.17, 15) is 0 Å². The highest BCUT2D eigenvalue weighted by Crippen LogP contribution is 2.33. The summed E-state index contributed by atoms with van der Waals surface area (Å²) >= 11 is 1.59. The zero-order valence-corrected chi connectivity index (χ0v) is 10.9. The molecule has 0 aromatic carbocycles. The normalized spacial score (nSPS) is 11.0. The van der Waals surface area contributed by atoms with E-state index in [4.69, 9.17) is 5.73 Å². The van der Waals surface area contributed by atoms with Gasteiger partial charge in [0, 0.05) is 7.05 Å². The summed E-state index contributed by atoms with van der Waals surface area (Å²) in [4.78, 5) is 13.1. The molecule has 92 valence electrons. The fraction of sp³-hybridized carbons (Fsp3) is 0.167. The molecule has 0 aliphatic heterocycles. The largest absolute Gasteiger partial charge is 0.397 e. The number of fused-ring (bicyclic) bond motifs is 1. The van der Waals surface area contributed by atoms with Gasteiger partial charge in [0.15, 0.2) is 11.5 Å². The molecule has 0 fully saturated rings. The summed E-state index contributed by atoms with van der Waals surface area (Å²) in [5.41, 5.74) is 9.51. The Bertz CT molecular complexity index is 712. The molecule has 0 aliphatic rings. The quantitative estimate of drug-likeness (QED) is 0.661. The Balaban J connectivity index is 2.16. The molecule has 0 radical (unpaired) electrons. The lowest BCUT2D eigenvalue weighted by molar-refractivity contribution is 1.29. The van der Waals surface area contributed by atoms with E-state index in [2.05, 4.69) is 20.3 Å². The molecule has 3 heterocycles. The van der Waals surface area contributed by atoms with Gasteiger partial charge >= 0.3 is 0 Å². The van der Waals surface area contributed by atoms with Crippen molar-refractivity contribution in [2.75, 3.05) is 18.1 Å². The second-order valence-electron chi connectivity index (χ2n) is 4.06. The summed E-state index contributed by atoms with van der Waals surface area (Å²) in [5.74, 6) is 1.58. The third kappa shape index (κ3) is 1.62. The molecule has 0 spiro atoms. The molecule has 0 saturated heterocycles. The molecule has 5 nitrogen and oxygen atoms in total. The topological polar surface area (TPSA) is 79.6 Å². The third-order valence-corrected chi connectivity index (χ3v) is 3.96. The number of nitrogens with one attached hydrogen (secondary N) is 2. The van der Waals surface area contributed by atoms with Gasteiger partial charge in [-0.05, 0) is 30.0 Å². The monoisotopic (exact) mass is 259 g/mol. The number of anilines is 2. The Morgan fingerprint density at radius 2 is 2.17 bits per heavy atom. The number of pyridine rings is 1. The number of aromatic amines is 1. The highest BCUT2D eigenvalue weighted by atomic mass is 32.1. The number of imidazole rings is 1. The first-order chi connectivity index (χ1) is 8.69. The van der Waals surface area contributed by atoms with Crippen molar-refractivity contribution in [3.63, 3.8) is 0 Å². The minimum atomic E-state index is 0.697. The molecule has 0 atom stereocenters. The first-order valence-corrected chi connectivity index (χ1v) is 6.45. The van der Waals surface area contributed by atoms with Crippen LogP contribution in [0.25, 0.3) is 21.9 Å². The minimum Gasteiger partial charge on any atom is -0.397 e. The molecule has 0 unspecified atom stereocenters. The first-order valence-electron chi connectivity index (χ1n) is 5.57. The lowest BCUT2D eigenvalue weighted by atomic mass is 10.3. The number of aryl methyl sites for hydroxylation is 1. The fourth-order valence-electron chi connectivity index (χ4n) is 1.78. The maximum absolute atomic E-state index is 6.03. The number of thiophene rings is 1. The van der Waals surface area contributed by atoms with Crippen LogP contribution in [0.5, 0.6) is 0 Å². The molecule has 18 heavy (non-hydrogen) atoms. The van der Waals surface area contributed by atoms with Gasteiger partial charge < -0.3 is 16.0 Å². The van der Waals surface area contributed by atoms with Gasteiger partial charge in [0.1, 0.15) is 5.82 Å². The molecule has 0 amide bonds. The standard InChI is InChI=1S/C12H13N5S/c1-6-5-18-10(9(6)13)12-15-7-3-4-8(14-2)16-11(7)17-12/h3-5H,13H2,1-2H3,(H2,14,15,16,17). The van der Waals surface area contributed by atoms with Crippen LogP contribution in [-0.2, 0) is 0 Å². The SMILES string of the molecule is CNc1ccc2[nH]c(-c3scc(C)c3N)nc2n1. The smallest absolute Gasteiger partial charge is 0.180 e. The van der Waals surface area contributed by atoms with E-state index >= 15 is 0 Å². The maximum Gasteiger partial charge on any atom is 0.180 e. The minimum absolute atomic E-state index is 0.697. The van der Waals surface area contributed by atoms with Crippen LogP contribution in [0.4, 0.5) is 11.5 Å². The van der Waals surface area contributed by atoms with Crippen molar-refractivity contribution < 1.29 is 0 Å². The van der Waals surface area contributed by atoms with Crippen molar-refractivity contribution >= 4 is 34.0 Å². The molecular formula is C12H13N5S. The molecular weight excluding hydrogens is 246 g/mol. The lowest BCUT2D eigenvalue weighted by Crippen LogP contribution is -1.91. The average molecular weight is 259 g/mol. The number of nitrogen functional groups attached to an aromatic ring is 1. The maximum atomic E-state index is 6.03. The van der Waals surface area contributed by atoms with Gasteiger partial charge in [0.2, 0.25) is 0 Å². The van der Waals surface area contributed by atoms with E-state index in [0.717, 1.165) is 33.3 Å². The molecule has 0 saturated carbocycles. The Hall–Kier alpha value is -2.08. The van der Waals surface area contributed by atoms with Crippen molar-refractivity contribution in [1.29, 1.82) is 0 Å². The number of hydrogen-bond acceptors (Lipinski definition) is 5. The molecule has 4 N–H and O–H groups in total. The van der Waals surface area contributed by atoms with E-state index in [0.29, 0.717) is 5.65 Å². The summed E-state index contributed by atoms with van der Waals surface area (Å²) in [6.07, 6.45) is 0. The van der Waals surface area contributed by atoms with Crippen molar-refractivity contribution in [2.24, 2.45) is 0 Å². The van der Waals surface area contributed by atoms with Crippen LogP contribution in [0.2, 0.25) is 0 Å². The number of H-pyrrole nitrogens is 1. The zero-order chi connectivity index (χ0) is 12.7. The zero-order valence-electron chi connectivity index (χ0n) is 10.1. The lowest BCUT2D eigenvalue weighted by Gasteiger charge is -1.95. The van der Waals surface area contributed by atoms with E-state index in [1.165, 1.54) is 0 Å². The van der Waals surface area contributed by atoms with Crippen molar-refractivity contribution in [2.45, 2.75) is 6.92 Å². The summed E-state index contributed by atoms with van der Waals surface area (Å²) in [7, 11) is 1.84. The van der Waals surface area contributed by atoms with Gasteiger partial charge in [-0.2, -0.15) is 0 Å². The van der Waals surface area contributed by atoms with Gasteiger partial charge in [0.05, 0.1) is 16.1 Å². The van der Waals surface area contributed by atoms with Crippen LogP contribution in [0.1, 0.15) is 5.56 Å². The van der Waals surface area contributed by atoms with Gasteiger partial charge in [-0.25, -0.2) is 9.97 Å². The van der Waals surface area contributed by atoms with Crippen LogP contribution >= 0.6 is 11.3 Å². The van der Waals surface area contributed by atoms with E-state index in [1.54, 1.807) is 11.3 Å².